The lowest BCUT2D eigenvalue weighted by molar-refractivity contribution is 0.0606. The number of hydrogen-bond donors (Lipinski definition) is 1. The molecule has 1 fully saturated rings. The van der Waals surface area contributed by atoms with Crippen molar-refractivity contribution in [1.29, 1.82) is 0 Å². The quantitative estimate of drug-likeness (QED) is 0.735. The van der Waals surface area contributed by atoms with Crippen LogP contribution in [0.5, 0.6) is 0 Å². The van der Waals surface area contributed by atoms with E-state index in [2.05, 4.69) is 10.2 Å². The van der Waals surface area contributed by atoms with E-state index in [1.165, 1.54) is 12.8 Å². The summed E-state index contributed by atoms with van der Waals surface area (Å²) in [4.78, 5) is 0. The van der Waals surface area contributed by atoms with E-state index in [-0.39, 0.29) is 6.10 Å². The zero-order valence-electron chi connectivity index (χ0n) is 7.63. The van der Waals surface area contributed by atoms with Crippen molar-refractivity contribution in [2.45, 2.75) is 38.3 Å². The predicted octanol–water partition coefficient (Wildman–Crippen LogP) is 0.829. The van der Waals surface area contributed by atoms with Crippen molar-refractivity contribution in [3.05, 3.63) is 12.7 Å². The predicted molar refractivity (Wildman–Crippen MR) is 48.0 cm³/mol. The lowest BCUT2D eigenvalue weighted by Gasteiger charge is -2.27. The molecule has 2 unspecified atom stereocenters. The minimum Gasteiger partial charge on any atom is -0.393 e. The molecule has 4 nitrogen and oxygen atoms in total. The molecule has 4 heteroatoms. The van der Waals surface area contributed by atoms with Crippen molar-refractivity contribution in [1.82, 2.24) is 14.8 Å². The molecule has 1 aromatic rings. The van der Waals surface area contributed by atoms with Crippen LogP contribution in [-0.2, 0) is 6.54 Å². The third-order valence-electron chi connectivity index (χ3n) is 2.78. The highest BCUT2D eigenvalue weighted by molar-refractivity contribution is 4.76. The highest BCUT2D eigenvalue weighted by atomic mass is 16.3. The maximum absolute atomic E-state index is 9.71. The van der Waals surface area contributed by atoms with Crippen molar-refractivity contribution in [3.63, 3.8) is 0 Å². The monoisotopic (exact) mass is 181 g/mol. The molecule has 0 saturated heterocycles. The second kappa shape index (κ2) is 3.87. The van der Waals surface area contributed by atoms with Gasteiger partial charge in [-0.1, -0.05) is 12.8 Å². The van der Waals surface area contributed by atoms with Gasteiger partial charge in [-0.2, -0.15) is 0 Å². The largest absolute Gasteiger partial charge is 0.393 e. The lowest BCUT2D eigenvalue weighted by Crippen LogP contribution is -2.27. The molecule has 0 radical (unpaired) electrons. The van der Waals surface area contributed by atoms with E-state index in [9.17, 15) is 5.11 Å². The molecule has 0 aliphatic heterocycles. The molecule has 2 atom stereocenters. The van der Waals surface area contributed by atoms with Crippen LogP contribution in [-0.4, -0.2) is 26.0 Å². The van der Waals surface area contributed by atoms with Gasteiger partial charge >= 0.3 is 0 Å². The first-order chi connectivity index (χ1) is 6.36. The van der Waals surface area contributed by atoms with E-state index < -0.39 is 0 Å². The highest BCUT2D eigenvalue weighted by Crippen LogP contribution is 2.25. The van der Waals surface area contributed by atoms with Gasteiger partial charge < -0.3 is 9.67 Å². The van der Waals surface area contributed by atoms with Gasteiger partial charge in [0.2, 0.25) is 0 Å². The summed E-state index contributed by atoms with van der Waals surface area (Å²) >= 11 is 0. The van der Waals surface area contributed by atoms with Gasteiger partial charge in [0.15, 0.2) is 0 Å². The van der Waals surface area contributed by atoms with Crippen molar-refractivity contribution < 1.29 is 5.11 Å². The van der Waals surface area contributed by atoms with Crippen molar-refractivity contribution in [2.24, 2.45) is 5.92 Å². The van der Waals surface area contributed by atoms with Crippen LogP contribution >= 0.6 is 0 Å². The molecule has 72 valence electrons. The Hall–Kier alpha value is -0.900. The van der Waals surface area contributed by atoms with Gasteiger partial charge in [0.05, 0.1) is 6.10 Å². The molecule has 0 amide bonds. The number of nitrogens with zero attached hydrogens (tertiary/aromatic N) is 3. The summed E-state index contributed by atoms with van der Waals surface area (Å²) in [5.74, 6) is 0.393. The first-order valence-electron chi connectivity index (χ1n) is 4.87. The van der Waals surface area contributed by atoms with Crippen LogP contribution in [0, 0.1) is 5.92 Å². The fourth-order valence-electron chi connectivity index (χ4n) is 1.99. The molecule has 1 aliphatic carbocycles. The molecule has 1 aromatic heterocycles. The Balaban J connectivity index is 1.93. The number of hydrogen-bond acceptors (Lipinski definition) is 3. The molecular weight excluding hydrogens is 166 g/mol. The highest BCUT2D eigenvalue weighted by Gasteiger charge is 2.22. The van der Waals surface area contributed by atoms with E-state index in [1.54, 1.807) is 12.7 Å². The maximum Gasteiger partial charge on any atom is 0.119 e. The third kappa shape index (κ3) is 2.06. The molecule has 2 rings (SSSR count). The summed E-state index contributed by atoms with van der Waals surface area (Å²) < 4.78 is 1.94. The number of aromatic nitrogens is 3. The molecule has 13 heavy (non-hydrogen) atoms. The summed E-state index contributed by atoms with van der Waals surface area (Å²) in [6, 6.07) is 0. The van der Waals surface area contributed by atoms with Crippen LogP contribution in [0.2, 0.25) is 0 Å². The third-order valence-corrected chi connectivity index (χ3v) is 2.78. The molecule has 0 aromatic carbocycles. The Morgan fingerprint density at radius 3 is 2.62 bits per heavy atom. The van der Waals surface area contributed by atoms with Gasteiger partial charge in [-0.3, -0.25) is 0 Å². The standard InChI is InChI=1S/C9H15N3O/c13-9-4-2-1-3-8(9)5-12-6-10-11-7-12/h6-9,13H,1-5H2. The average Bonchev–Trinajstić information content (AvgIpc) is 2.61. The molecule has 1 saturated carbocycles. The fourth-order valence-corrected chi connectivity index (χ4v) is 1.99. The summed E-state index contributed by atoms with van der Waals surface area (Å²) in [5.41, 5.74) is 0. The number of rotatable bonds is 2. The molecule has 0 bridgehead atoms. The minimum atomic E-state index is -0.129. The smallest absolute Gasteiger partial charge is 0.119 e. The first-order valence-corrected chi connectivity index (χ1v) is 4.87. The Morgan fingerprint density at radius 2 is 1.92 bits per heavy atom. The SMILES string of the molecule is OC1CCCCC1Cn1cnnc1. The van der Waals surface area contributed by atoms with Gasteiger partial charge in [0, 0.05) is 12.5 Å². The molecule has 1 N–H and O–H groups in total. The van der Waals surface area contributed by atoms with Crippen LogP contribution in [0.3, 0.4) is 0 Å². The Labute approximate surface area is 77.6 Å². The topological polar surface area (TPSA) is 50.9 Å². The van der Waals surface area contributed by atoms with E-state index >= 15 is 0 Å². The Bertz CT molecular complexity index is 247. The van der Waals surface area contributed by atoms with Crippen molar-refractivity contribution in [2.75, 3.05) is 0 Å². The second-order valence-corrected chi connectivity index (χ2v) is 3.77. The van der Waals surface area contributed by atoms with Crippen LogP contribution in [0.1, 0.15) is 25.7 Å². The van der Waals surface area contributed by atoms with Crippen molar-refractivity contribution in [3.8, 4) is 0 Å². The molecule has 0 spiro atoms. The molecular formula is C9H15N3O. The van der Waals surface area contributed by atoms with Crippen LogP contribution in [0.15, 0.2) is 12.7 Å². The minimum absolute atomic E-state index is 0.129. The van der Waals surface area contributed by atoms with Crippen LogP contribution in [0.4, 0.5) is 0 Å². The van der Waals surface area contributed by atoms with Gasteiger partial charge in [-0.05, 0) is 12.8 Å². The van der Waals surface area contributed by atoms with Gasteiger partial charge in [-0.15, -0.1) is 10.2 Å². The normalized spacial score (nSPS) is 29.0. The van der Waals surface area contributed by atoms with E-state index in [4.69, 9.17) is 0 Å². The van der Waals surface area contributed by atoms with Gasteiger partial charge in [0.25, 0.3) is 0 Å². The average molecular weight is 181 g/mol. The van der Waals surface area contributed by atoms with Gasteiger partial charge in [0.1, 0.15) is 12.7 Å². The zero-order chi connectivity index (χ0) is 9.10. The van der Waals surface area contributed by atoms with Crippen LogP contribution < -0.4 is 0 Å². The lowest BCUT2D eigenvalue weighted by atomic mass is 9.86. The summed E-state index contributed by atoms with van der Waals surface area (Å²) in [7, 11) is 0. The van der Waals surface area contributed by atoms with E-state index in [0.717, 1.165) is 19.4 Å². The fraction of sp³-hybridized carbons (Fsp3) is 0.778. The summed E-state index contributed by atoms with van der Waals surface area (Å²) in [5, 5.41) is 17.2. The van der Waals surface area contributed by atoms with Gasteiger partial charge in [-0.25, -0.2) is 0 Å². The maximum atomic E-state index is 9.71. The van der Waals surface area contributed by atoms with E-state index in [0.29, 0.717) is 5.92 Å². The summed E-state index contributed by atoms with van der Waals surface area (Å²) in [6.45, 7) is 0.855. The summed E-state index contributed by atoms with van der Waals surface area (Å²) in [6.07, 6.45) is 7.77. The molecule has 1 aliphatic rings. The van der Waals surface area contributed by atoms with Crippen LogP contribution in [0.25, 0.3) is 0 Å². The number of aliphatic hydroxyl groups is 1. The van der Waals surface area contributed by atoms with E-state index in [1.807, 2.05) is 4.57 Å². The second-order valence-electron chi connectivity index (χ2n) is 3.77. The first kappa shape index (κ1) is 8.69. The molecule has 1 heterocycles. The Kier molecular flexibility index (Phi) is 2.59. The number of aliphatic hydroxyl groups excluding tert-OH is 1. The zero-order valence-corrected chi connectivity index (χ0v) is 7.63. The van der Waals surface area contributed by atoms with Crippen molar-refractivity contribution >= 4 is 0 Å². The Morgan fingerprint density at radius 1 is 1.23 bits per heavy atom.